The van der Waals surface area contributed by atoms with E-state index >= 15 is 0 Å². The smallest absolute Gasteiger partial charge is 0.306 e. The molecule has 1 N–H and O–H groups in total. The first-order chi connectivity index (χ1) is 14.3. The molecule has 0 aromatic heterocycles. The highest BCUT2D eigenvalue weighted by atomic mass is 16.6. The number of nitro groups is 1. The molecule has 0 saturated heterocycles. The normalized spacial score (nSPS) is 10.2. The third-order valence-corrected chi connectivity index (χ3v) is 4.13. The lowest BCUT2D eigenvalue weighted by Gasteiger charge is -2.09. The number of esters is 1. The summed E-state index contributed by atoms with van der Waals surface area (Å²) >= 11 is 0. The van der Waals surface area contributed by atoms with Crippen LogP contribution in [0.1, 0.15) is 35.7 Å². The molecule has 0 unspecified atom stereocenters. The Morgan fingerprint density at radius 1 is 1.10 bits per heavy atom. The van der Waals surface area contributed by atoms with Gasteiger partial charge < -0.3 is 14.8 Å². The molecule has 2 rings (SSSR count). The maximum absolute atomic E-state index is 11.9. The van der Waals surface area contributed by atoms with Gasteiger partial charge in [0.05, 0.1) is 17.2 Å². The highest BCUT2D eigenvalue weighted by Gasteiger charge is 2.13. The summed E-state index contributed by atoms with van der Waals surface area (Å²) in [6.07, 6.45) is 0.452. The molecule has 0 aliphatic rings. The largest absolute Gasteiger partial charge is 0.494 e. The summed E-state index contributed by atoms with van der Waals surface area (Å²) < 4.78 is 10.4. The standard InChI is InChI=1S/C21H22N2O7/c1-14-5-8-17(23(27)28)12-19(14)22-20(25)13-30-21(26)4-3-11-29-18-9-6-16(7-10-18)15(2)24/h5-10,12H,3-4,11,13H2,1-2H3,(H,22,25). The summed E-state index contributed by atoms with van der Waals surface area (Å²) in [5.41, 5.74) is 1.37. The summed E-state index contributed by atoms with van der Waals surface area (Å²) in [5, 5.41) is 13.3. The number of nitrogens with zero attached hydrogens (tertiary/aromatic N) is 1. The van der Waals surface area contributed by atoms with Crippen LogP contribution < -0.4 is 10.1 Å². The molecule has 9 heteroatoms. The summed E-state index contributed by atoms with van der Waals surface area (Å²) in [7, 11) is 0. The van der Waals surface area contributed by atoms with E-state index in [0.29, 0.717) is 23.3 Å². The molecule has 30 heavy (non-hydrogen) atoms. The van der Waals surface area contributed by atoms with E-state index in [9.17, 15) is 24.5 Å². The van der Waals surface area contributed by atoms with Crippen LogP contribution in [0.4, 0.5) is 11.4 Å². The molecular weight excluding hydrogens is 392 g/mol. The number of carbonyl (C=O) groups excluding carboxylic acids is 3. The van der Waals surface area contributed by atoms with Crippen molar-refractivity contribution in [2.45, 2.75) is 26.7 Å². The quantitative estimate of drug-likeness (QED) is 0.207. The first-order valence-electron chi connectivity index (χ1n) is 9.20. The van der Waals surface area contributed by atoms with Gasteiger partial charge in [-0.25, -0.2) is 0 Å². The Hall–Kier alpha value is -3.75. The van der Waals surface area contributed by atoms with Crippen molar-refractivity contribution in [2.24, 2.45) is 0 Å². The average molecular weight is 414 g/mol. The van der Waals surface area contributed by atoms with Gasteiger partial charge in [-0.3, -0.25) is 24.5 Å². The van der Waals surface area contributed by atoms with Crippen molar-refractivity contribution in [1.29, 1.82) is 0 Å². The zero-order chi connectivity index (χ0) is 22.1. The molecule has 0 saturated carbocycles. The SMILES string of the molecule is CC(=O)c1ccc(OCCCC(=O)OCC(=O)Nc2cc([N+](=O)[O-])ccc2C)cc1. The van der Waals surface area contributed by atoms with Crippen molar-refractivity contribution in [2.75, 3.05) is 18.5 Å². The van der Waals surface area contributed by atoms with Gasteiger partial charge in [0.15, 0.2) is 12.4 Å². The maximum Gasteiger partial charge on any atom is 0.306 e. The van der Waals surface area contributed by atoms with Crippen LogP contribution in [-0.4, -0.2) is 35.8 Å². The number of aryl methyl sites for hydroxylation is 1. The van der Waals surface area contributed by atoms with E-state index in [0.717, 1.165) is 0 Å². The van der Waals surface area contributed by atoms with Crippen LogP contribution in [0.2, 0.25) is 0 Å². The number of ketones is 1. The van der Waals surface area contributed by atoms with Gasteiger partial charge >= 0.3 is 5.97 Å². The molecule has 2 aromatic rings. The summed E-state index contributed by atoms with van der Waals surface area (Å²) in [6.45, 7) is 2.95. The second-order valence-corrected chi connectivity index (χ2v) is 6.50. The number of hydrogen-bond acceptors (Lipinski definition) is 7. The van der Waals surface area contributed by atoms with E-state index in [2.05, 4.69) is 5.32 Å². The van der Waals surface area contributed by atoms with Crippen molar-refractivity contribution < 1.29 is 28.8 Å². The van der Waals surface area contributed by atoms with Gasteiger partial charge in [-0.05, 0) is 50.1 Å². The number of hydrogen-bond donors (Lipinski definition) is 1. The van der Waals surface area contributed by atoms with Crippen LogP contribution in [0.5, 0.6) is 5.75 Å². The van der Waals surface area contributed by atoms with Gasteiger partial charge in [0.2, 0.25) is 0 Å². The number of nitrogens with one attached hydrogen (secondary N) is 1. The highest BCUT2D eigenvalue weighted by molar-refractivity contribution is 5.94. The molecule has 0 aliphatic carbocycles. The molecular formula is C21H22N2O7. The van der Waals surface area contributed by atoms with Crippen LogP contribution in [-0.2, 0) is 14.3 Å². The molecule has 0 fully saturated rings. The Morgan fingerprint density at radius 3 is 2.43 bits per heavy atom. The zero-order valence-corrected chi connectivity index (χ0v) is 16.7. The lowest BCUT2D eigenvalue weighted by Crippen LogP contribution is -2.21. The molecule has 0 heterocycles. The number of carbonyl (C=O) groups is 3. The van der Waals surface area contributed by atoms with E-state index in [1.807, 2.05) is 0 Å². The van der Waals surface area contributed by atoms with E-state index < -0.39 is 23.4 Å². The lowest BCUT2D eigenvalue weighted by atomic mass is 10.1. The van der Waals surface area contributed by atoms with Crippen LogP contribution >= 0.6 is 0 Å². The van der Waals surface area contributed by atoms with Crippen LogP contribution in [0, 0.1) is 17.0 Å². The second kappa shape index (κ2) is 10.7. The first kappa shape index (κ1) is 22.5. The number of ether oxygens (including phenoxy) is 2. The fraction of sp³-hybridized carbons (Fsp3) is 0.286. The minimum absolute atomic E-state index is 0.0334. The molecule has 158 valence electrons. The Balaban J connectivity index is 1.69. The van der Waals surface area contributed by atoms with E-state index in [4.69, 9.17) is 9.47 Å². The first-order valence-corrected chi connectivity index (χ1v) is 9.20. The van der Waals surface area contributed by atoms with Crippen molar-refractivity contribution in [3.05, 3.63) is 63.7 Å². The number of amides is 1. The van der Waals surface area contributed by atoms with Gasteiger partial charge in [0, 0.05) is 24.1 Å². The van der Waals surface area contributed by atoms with Gasteiger partial charge in [-0.2, -0.15) is 0 Å². The van der Waals surface area contributed by atoms with Crippen molar-refractivity contribution in [1.82, 2.24) is 0 Å². The minimum atomic E-state index is -0.589. The molecule has 9 nitrogen and oxygen atoms in total. The predicted octanol–water partition coefficient (Wildman–Crippen LogP) is 3.45. The molecule has 2 aromatic carbocycles. The van der Waals surface area contributed by atoms with E-state index in [1.165, 1.54) is 25.1 Å². The number of non-ortho nitro benzene ring substituents is 1. The number of Topliss-reactive ketones (excluding diaryl/α,β-unsaturated/α-hetero) is 1. The number of anilines is 1. The Morgan fingerprint density at radius 2 is 1.80 bits per heavy atom. The number of nitro benzene ring substituents is 1. The summed E-state index contributed by atoms with van der Waals surface area (Å²) in [6, 6.07) is 10.8. The average Bonchev–Trinajstić information content (AvgIpc) is 2.71. The zero-order valence-electron chi connectivity index (χ0n) is 16.7. The van der Waals surface area contributed by atoms with Crippen molar-refractivity contribution in [3.63, 3.8) is 0 Å². The summed E-state index contributed by atoms with van der Waals surface area (Å²) in [5.74, 6) is -0.598. The minimum Gasteiger partial charge on any atom is -0.494 e. The third kappa shape index (κ3) is 7.01. The lowest BCUT2D eigenvalue weighted by molar-refractivity contribution is -0.384. The van der Waals surface area contributed by atoms with Gasteiger partial charge in [-0.1, -0.05) is 6.07 Å². The Labute approximate surface area is 173 Å². The summed E-state index contributed by atoms with van der Waals surface area (Å²) in [4.78, 5) is 45.2. The van der Waals surface area contributed by atoms with Gasteiger partial charge in [-0.15, -0.1) is 0 Å². The number of benzene rings is 2. The number of rotatable bonds is 10. The second-order valence-electron chi connectivity index (χ2n) is 6.50. The highest BCUT2D eigenvalue weighted by Crippen LogP contribution is 2.21. The molecule has 0 atom stereocenters. The fourth-order valence-corrected chi connectivity index (χ4v) is 2.46. The van der Waals surface area contributed by atoms with Crippen LogP contribution in [0.25, 0.3) is 0 Å². The van der Waals surface area contributed by atoms with Gasteiger partial charge in [0.1, 0.15) is 5.75 Å². The van der Waals surface area contributed by atoms with E-state index in [-0.39, 0.29) is 30.2 Å². The molecule has 1 amide bonds. The van der Waals surface area contributed by atoms with Gasteiger partial charge in [0.25, 0.3) is 11.6 Å². The fourth-order valence-electron chi connectivity index (χ4n) is 2.46. The van der Waals surface area contributed by atoms with Crippen molar-refractivity contribution >= 4 is 29.0 Å². The molecule has 0 spiro atoms. The van der Waals surface area contributed by atoms with Crippen LogP contribution in [0.15, 0.2) is 42.5 Å². The Bertz CT molecular complexity index is 939. The molecule has 0 bridgehead atoms. The Kier molecular flexibility index (Phi) is 8.04. The van der Waals surface area contributed by atoms with Crippen molar-refractivity contribution in [3.8, 4) is 5.75 Å². The van der Waals surface area contributed by atoms with E-state index in [1.54, 1.807) is 31.2 Å². The molecule has 0 aliphatic heterocycles. The van der Waals surface area contributed by atoms with Crippen LogP contribution in [0.3, 0.4) is 0 Å². The maximum atomic E-state index is 11.9. The predicted molar refractivity (Wildman–Crippen MR) is 109 cm³/mol. The monoisotopic (exact) mass is 414 g/mol. The topological polar surface area (TPSA) is 125 Å². The third-order valence-electron chi connectivity index (χ3n) is 4.13. The molecule has 0 radical (unpaired) electrons.